The van der Waals surface area contributed by atoms with Crippen molar-refractivity contribution in [2.75, 3.05) is 14.7 Å². The van der Waals surface area contributed by atoms with E-state index in [0.717, 1.165) is 17.1 Å². The first-order valence-corrected chi connectivity index (χ1v) is 27.2. The van der Waals surface area contributed by atoms with E-state index in [0.29, 0.717) is 0 Å². The Morgan fingerprint density at radius 2 is 0.871 bits per heavy atom. The molecule has 0 aromatic heterocycles. The highest BCUT2D eigenvalue weighted by Crippen LogP contribution is 2.55. The van der Waals surface area contributed by atoms with Gasteiger partial charge < -0.3 is 14.7 Å². The fourth-order valence-corrected chi connectivity index (χ4v) is 19.0. The third kappa shape index (κ3) is 5.36. The van der Waals surface area contributed by atoms with Crippen LogP contribution in [0.25, 0.3) is 11.1 Å². The van der Waals surface area contributed by atoms with Crippen molar-refractivity contribution >= 4 is 103 Å². The highest BCUT2D eigenvalue weighted by atomic mass is 28.3. The number of para-hydroxylation sites is 4. The number of anilines is 9. The maximum absolute atomic E-state index is 2.84. The van der Waals surface area contributed by atoms with Crippen LogP contribution in [-0.2, 0) is 16.2 Å². The summed E-state index contributed by atoms with van der Waals surface area (Å²) >= 11 is 0. The summed E-state index contributed by atoms with van der Waals surface area (Å²) in [5.41, 5.74) is 23.2. The van der Waals surface area contributed by atoms with Crippen molar-refractivity contribution in [2.24, 2.45) is 0 Å². The molecule has 0 atom stereocenters. The second kappa shape index (κ2) is 14.1. The highest BCUT2D eigenvalue weighted by Gasteiger charge is 2.57. The van der Waals surface area contributed by atoms with E-state index in [1.165, 1.54) is 105 Å². The molecule has 70 heavy (non-hydrogen) atoms. The van der Waals surface area contributed by atoms with Gasteiger partial charge in [-0.2, -0.15) is 0 Å². The molecule has 0 unspecified atom stereocenters. The summed E-state index contributed by atoms with van der Waals surface area (Å²) in [4.78, 5) is 7.87. The van der Waals surface area contributed by atoms with Crippen LogP contribution in [0.1, 0.15) is 77.6 Å². The Morgan fingerprint density at radius 3 is 1.46 bits per heavy atom. The van der Waals surface area contributed by atoms with Crippen molar-refractivity contribution in [3.8, 4) is 11.1 Å². The van der Waals surface area contributed by atoms with Crippen molar-refractivity contribution < 1.29 is 0 Å². The Bertz CT molecular complexity index is 3580. The summed E-state index contributed by atoms with van der Waals surface area (Å²) in [7, 11) is -2.84. The van der Waals surface area contributed by atoms with Gasteiger partial charge in [0.25, 0.3) is 6.71 Å². The molecule has 5 heteroatoms. The lowest BCUT2D eigenvalue weighted by Gasteiger charge is -2.52. The third-order valence-corrected chi connectivity index (χ3v) is 21.7. The molecule has 9 aromatic carbocycles. The maximum Gasteiger partial charge on any atom is 0.252 e. The van der Waals surface area contributed by atoms with Crippen molar-refractivity contribution in [3.63, 3.8) is 0 Å². The van der Waals surface area contributed by atoms with E-state index in [1.54, 1.807) is 0 Å². The monoisotopic (exact) mass is 917 g/mol. The molecule has 5 heterocycles. The summed E-state index contributed by atoms with van der Waals surface area (Å²) in [5, 5.41) is 5.91. The second-order valence-corrected chi connectivity index (χ2v) is 26.6. The number of nitrogens with zero attached hydrogens (tertiary/aromatic N) is 3. The van der Waals surface area contributed by atoms with E-state index in [1.807, 2.05) is 0 Å². The second-order valence-electron chi connectivity index (χ2n) is 22.9. The van der Waals surface area contributed by atoms with E-state index in [4.69, 9.17) is 0 Å². The van der Waals surface area contributed by atoms with Crippen LogP contribution in [0.5, 0.6) is 0 Å². The van der Waals surface area contributed by atoms with Gasteiger partial charge in [-0.1, -0.05) is 201 Å². The van der Waals surface area contributed by atoms with Gasteiger partial charge in [-0.05, 0) is 130 Å². The third-order valence-electron chi connectivity index (χ3n) is 16.7. The first-order chi connectivity index (χ1) is 33.8. The van der Waals surface area contributed by atoms with Gasteiger partial charge in [0, 0.05) is 45.2 Å². The zero-order valence-electron chi connectivity index (χ0n) is 41.4. The zero-order chi connectivity index (χ0) is 47.6. The van der Waals surface area contributed by atoms with Gasteiger partial charge in [0.2, 0.25) is 0 Å². The molecule has 3 nitrogen and oxygen atoms in total. The quantitative estimate of drug-likeness (QED) is 0.164. The Morgan fingerprint density at radius 1 is 0.414 bits per heavy atom. The minimum atomic E-state index is -2.84. The average molecular weight is 918 g/mol. The van der Waals surface area contributed by atoms with Gasteiger partial charge >= 0.3 is 0 Å². The van der Waals surface area contributed by atoms with Crippen LogP contribution in [0, 0.1) is 0 Å². The lowest BCUT2D eigenvalue weighted by Crippen LogP contribution is -2.77. The van der Waals surface area contributed by atoms with Gasteiger partial charge in [-0.3, -0.25) is 0 Å². The van der Waals surface area contributed by atoms with E-state index < -0.39 is 8.07 Å². The fourth-order valence-electron chi connectivity index (χ4n) is 13.5. The lowest BCUT2D eigenvalue weighted by molar-refractivity contribution is 0.590. The molecule has 5 aliphatic heterocycles. The van der Waals surface area contributed by atoms with Crippen LogP contribution in [0.4, 0.5) is 51.2 Å². The van der Waals surface area contributed by atoms with Crippen molar-refractivity contribution in [1.82, 2.24) is 0 Å². The lowest BCUT2D eigenvalue weighted by atomic mass is 9.33. The van der Waals surface area contributed by atoms with Crippen molar-refractivity contribution in [3.05, 3.63) is 216 Å². The van der Waals surface area contributed by atoms with E-state index in [9.17, 15) is 0 Å². The van der Waals surface area contributed by atoms with Crippen molar-refractivity contribution in [2.45, 2.75) is 71.6 Å². The summed E-state index contributed by atoms with van der Waals surface area (Å²) < 4.78 is 0. The van der Waals surface area contributed by atoms with Crippen LogP contribution in [-0.4, -0.2) is 14.8 Å². The number of hydrogen-bond donors (Lipinski definition) is 0. The average Bonchev–Trinajstić information content (AvgIpc) is 3.66. The smallest absolute Gasteiger partial charge is 0.252 e. The molecule has 338 valence electrons. The minimum absolute atomic E-state index is 0.00584. The summed E-state index contributed by atoms with van der Waals surface area (Å²) in [6.07, 6.45) is 0. The summed E-state index contributed by atoms with van der Waals surface area (Å²) in [5.74, 6) is 0. The molecule has 0 fully saturated rings. The molecular weight excluding hydrogens is 862 g/mol. The molecule has 0 N–H and O–H groups in total. The molecule has 0 aliphatic carbocycles. The van der Waals surface area contributed by atoms with Crippen LogP contribution in [0.15, 0.2) is 194 Å². The zero-order valence-corrected chi connectivity index (χ0v) is 42.4. The number of rotatable bonds is 3. The summed E-state index contributed by atoms with van der Waals surface area (Å²) in [6, 6.07) is 75.6. The van der Waals surface area contributed by atoms with Gasteiger partial charge in [-0.25, -0.2) is 0 Å². The number of benzene rings is 9. The van der Waals surface area contributed by atoms with E-state index in [2.05, 4.69) is 264 Å². The van der Waals surface area contributed by atoms with E-state index >= 15 is 0 Å². The Kier molecular flexibility index (Phi) is 8.41. The number of fused-ring (bicyclic) bond motifs is 15. The molecule has 14 rings (SSSR count). The van der Waals surface area contributed by atoms with Gasteiger partial charge in [0.05, 0.1) is 11.4 Å². The normalized spacial score (nSPS) is 15.6. The van der Waals surface area contributed by atoms with Crippen LogP contribution in [0.2, 0.25) is 0 Å². The molecule has 0 radical (unpaired) electrons. The molecular formula is C65H56BN3Si. The summed E-state index contributed by atoms with van der Waals surface area (Å²) in [6.45, 7) is 18.7. The predicted octanol–water partition coefficient (Wildman–Crippen LogP) is 12.1. The molecule has 0 saturated carbocycles. The van der Waals surface area contributed by atoms with Gasteiger partial charge in [0.15, 0.2) is 8.07 Å². The van der Waals surface area contributed by atoms with Gasteiger partial charge in [0.1, 0.15) is 0 Å². The standard InChI is InChI=1S/C65H56BN3Si/c1-63(2,3)41-31-35-43(36-32-41)67(44-37-33-42(34-38-44)64(4,5)6)45-39-54-60-55(40-45)69-53-26-13-16-29-58(53)70(56-27-14-9-19-46(56)47-20-10-15-28-57(47)70)59-30-18-24-51(62(59)69)66(60)50-23-17-22-49-61(50)68(54)52-25-12-11-21-48(52)65(49,7)8/h9-40H,1-8H3. The number of hydrogen-bond acceptors (Lipinski definition) is 3. The molecule has 0 bridgehead atoms. The predicted molar refractivity (Wildman–Crippen MR) is 301 cm³/mol. The minimum Gasteiger partial charge on any atom is -0.312 e. The topological polar surface area (TPSA) is 9.72 Å². The molecule has 0 saturated heterocycles. The first-order valence-electron chi connectivity index (χ1n) is 25.2. The largest absolute Gasteiger partial charge is 0.312 e. The molecule has 0 amide bonds. The highest BCUT2D eigenvalue weighted by molar-refractivity contribution is 7.24. The Hall–Kier alpha value is -7.34. The molecule has 5 aliphatic rings. The van der Waals surface area contributed by atoms with Crippen LogP contribution in [0.3, 0.4) is 0 Å². The molecule has 9 aromatic rings. The first kappa shape index (κ1) is 41.6. The fraction of sp³-hybridized carbons (Fsp3) is 0.169. The van der Waals surface area contributed by atoms with Crippen LogP contribution < -0.4 is 51.8 Å². The molecule has 1 spiro atoms. The van der Waals surface area contributed by atoms with E-state index in [-0.39, 0.29) is 23.0 Å². The van der Waals surface area contributed by atoms with Gasteiger partial charge in [-0.15, -0.1) is 0 Å². The Balaban J connectivity index is 1.12. The van der Waals surface area contributed by atoms with Crippen molar-refractivity contribution in [1.29, 1.82) is 0 Å². The van der Waals surface area contributed by atoms with Crippen LogP contribution >= 0.6 is 0 Å². The maximum atomic E-state index is 2.71. The SMILES string of the molecule is CC(C)(C)c1ccc(N(c2ccc(C(C)(C)C)cc2)c2cc3c4c(c2)N2c5ccccc5[Si]5(c6ccccc6-c6ccccc65)c5cccc(c52)B4c2cccc4c2N3c2ccccc2C4(C)C)cc1. The Labute approximate surface area is 414 Å².